The van der Waals surface area contributed by atoms with Crippen LogP contribution in [0.4, 0.5) is 5.69 Å². The van der Waals surface area contributed by atoms with Crippen LogP contribution < -0.4 is 0 Å². The van der Waals surface area contributed by atoms with Gasteiger partial charge in [-0.25, -0.2) is 4.90 Å². The highest BCUT2D eigenvalue weighted by atomic mass is 16.6. The Hall–Kier alpha value is -1.50. The van der Waals surface area contributed by atoms with E-state index in [1.165, 1.54) is 12.1 Å². The van der Waals surface area contributed by atoms with Gasteiger partial charge in [0, 0.05) is 24.8 Å². The lowest BCUT2D eigenvalue weighted by Gasteiger charge is -2.31. The molecule has 2 aliphatic rings. The molecule has 2 atom stereocenters. The number of ether oxygens (including phenoxy) is 2. The molecule has 2 unspecified atom stereocenters. The molecule has 0 aromatic heterocycles. The lowest BCUT2D eigenvalue weighted by Crippen LogP contribution is -2.39. The first-order chi connectivity index (χ1) is 8.75. The van der Waals surface area contributed by atoms with Crippen molar-refractivity contribution in [2.24, 2.45) is 0 Å². The van der Waals surface area contributed by atoms with Crippen LogP contribution in [-0.2, 0) is 9.47 Å². The summed E-state index contributed by atoms with van der Waals surface area (Å²) in [5.74, 6) is 0. The minimum atomic E-state index is -0.397. The van der Waals surface area contributed by atoms with E-state index < -0.39 is 4.92 Å². The van der Waals surface area contributed by atoms with Gasteiger partial charge in [-0.2, -0.15) is 0 Å². The second-order valence-corrected chi connectivity index (χ2v) is 4.53. The summed E-state index contributed by atoms with van der Waals surface area (Å²) < 4.78 is 11.2. The Balaban J connectivity index is 1.80. The van der Waals surface area contributed by atoms with Crippen molar-refractivity contribution in [2.75, 3.05) is 19.9 Å². The molecule has 6 nitrogen and oxygen atoms in total. The van der Waals surface area contributed by atoms with Crippen LogP contribution in [0.3, 0.4) is 0 Å². The molecule has 0 saturated carbocycles. The lowest BCUT2D eigenvalue weighted by atomic mass is 10.1. The third-order valence-corrected chi connectivity index (χ3v) is 3.44. The van der Waals surface area contributed by atoms with E-state index in [2.05, 4.69) is 4.90 Å². The normalized spacial score (nSPS) is 28.0. The number of non-ortho nitro benzene ring substituents is 1. The Morgan fingerprint density at radius 3 is 2.83 bits per heavy atom. The summed E-state index contributed by atoms with van der Waals surface area (Å²) in [6.07, 6.45) is 0.833. The van der Waals surface area contributed by atoms with E-state index >= 15 is 0 Å². The average molecular weight is 250 g/mol. The fraction of sp³-hybridized carbons (Fsp3) is 0.500. The van der Waals surface area contributed by atoms with Crippen molar-refractivity contribution >= 4 is 5.69 Å². The Labute approximate surface area is 104 Å². The van der Waals surface area contributed by atoms with Crippen LogP contribution in [0.5, 0.6) is 0 Å². The van der Waals surface area contributed by atoms with Crippen LogP contribution in [0.15, 0.2) is 24.3 Å². The van der Waals surface area contributed by atoms with Crippen LogP contribution in [0.25, 0.3) is 0 Å². The summed E-state index contributed by atoms with van der Waals surface area (Å²) in [5.41, 5.74) is 1.04. The van der Waals surface area contributed by atoms with Gasteiger partial charge in [0.1, 0.15) is 13.0 Å². The molecular formula is C12H14N2O4. The maximum Gasteiger partial charge on any atom is 0.269 e. The van der Waals surface area contributed by atoms with Gasteiger partial charge in [0.15, 0.2) is 0 Å². The van der Waals surface area contributed by atoms with Gasteiger partial charge < -0.3 is 9.47 Å². The quantitative estimate of drug-likeness (QED) is 0.590. The van der Waals surface area contributed by atoms with Crippen molar-refractivity contribution < 1.29 is 14.4 Å². The summed E-state index contributed by atoms with van der Waals surface area (Å²) >= 11 is 0. The van der Waals surface area contributed by atoms with Crippen LogP contribution >= 0.6 is 0 Å². The monoisotopic (exact) mass is 250 g/mol. The lowest BCUT2D eigenvalue weighted by molar-refractivity contribution is -0.384. The van der Waals surface area contributed by atoms with Crippen LogP contribution in [-0.4, -0.2) is 35.8 Å². The van der Waals surface area contributed by atoms with E-state index in [4.69, 9.17) is 9.47 Å². The zero-order chi connectivity index (χ0) is 12.5. The Bertz CT molecular complexity index is 448. The van der Waals surface area contributed by atoms with Crippen molar-refractivity contribution in [3.8, 4) is 0 Å². The Morgan fingerprint density at radius 1 is 1.33 bits per heavy atom. The predicted molar refractivity (Wildman–Crippen MR) is 62.9 cm³/mol. The zero-order valence-corrected chi connectivity index (χ0v) is 9.82. The number of nitro groups is 1. The largest absolute Gasteiger partial charge is 0.366 e. The summed E-state index contributed by atoms with van der Waals surface area (Å²) in [6, 6.07) is 6.92. The summed E-state index contributed by atoms with van der Waals surface area (Å²) in [5, 5.41) is 10.6. The van der Waals surface area contributed by atoms with Gasteiger partial charge in [-0.15, -0.1) is 0 Å². The number of fused-ring (bicyclic) bond motifs is 1. The van der Waals surface area contributed by atoms with E-state index in [1.807, 2.05) is 0 Å². The first-order valence-corrected chi connectivity index (χ1v) is 5.95. The van der Waals surface area contributed by atoms with Crippen LogP contribution in [0.1, 0.15) is 18.2 Å². The average Bonchev–Trinajstić information content (AvgIpc) is 2.82. The molecule has 2 aliphatic heterocycles. The molecule has 0 radical (unpaired) electrons. The Morgan fingerprint density at radius 2 is 2.11 bits per heavy atom. The second kappa shape index (κ2) is 4.64. The highest BCUT2D eigenvalue weighted by Crippen LogP contribution is 2.34. The molecule has 18 heavy (non-hydrogen) atoms. The van der Waals surface area contributed by atoms with Crippen molar-refractivity contribution in [3.05, 3.63) is 39.9 Å². The number of hydrogen-bond acceptors (Lipinski definition) is 5. The molecule has 2 heterocycles. The number of nitrogens with zero attached hydrogens (tertiary/aromatic N) is 2. The van der Waals surface area contributed by atoms with Crippen molar-refractivity contribution in [3.63, 3.8) is 0 Å². The molecule has 1 aromatic carbocycles. The van der Waals surface area contributed by atoms with E-state index in [0.29, 0.717) is 19.4 Å². The van der Waals surface area contributed by atoms with Gasteiger partial charge in [0.05, 0.1) is 11.5 Å². The number of rotatable bonds is 2. The first kappa shape index (κ1) is 11.6. The molecule has 3 rings (SSSR count). The van der Waals surface area contributed by atoms with Crippen LogP contribution in [0, 0.1) is 10.1 Å². The molecule has 6 heteroatoms. The third-order valence-electron chi connectivity index (χ3n) is 3.44. The molecule has 1 aromatic rings. The topological polar surface area (TPSA) is 64.8 Å². The van der Waals surface area contributed by atoms with Gasteiger partial charge in [-0.1, -0.05) is 0 Å². The minimum Gasteiger partial charge on any atom is -0.366 e. The second-order valence-electron chi connectivity index (χ2n) is 4.53. The Kier molecular flexibility index (Phi) is 2.99. The molecule has 96 valence electrons. The number of hydrogen-bond donors (Lipinski definition) is 0. The highest BCUT2D eigenvalue weighted by molar-refractivity contribution is 5.34. The standard InChI is InChI=1S/C12H14N2O4/c15-14(16)10-3-1-9(2-4-10)12-13-8-17-6-5-11(13)7-18-12/h1-4,11-12H,5-8H2. The van der Waals surface area contributed by atoms with Crippen molar-refractivity contribution in [1.82, 2.24) is 4.90 Å². The fourth-order valence-corrected chi connectivity index (χ4v) is 2.45. The van der Waals surface area contributed by atoms with Gasteiger partial charge in [0.25, 0.3) is 5.69 Å². The van der Waals surface area contributed by atoms with Crippen LogP contribution in [0.2, 0.25) is 0 Å². The molecule has 2 saturated heterocycles. The minimum absolute atomic E-state index is 0.100. The highest BCUT2D eigenvalue weighted by Gasteiger charge is 2.37. The SMILES string of the molecule is O=[N+]([O-])c1ccc(C2OCC3CCOCN32)cc1. The van der Waals surface area contributed by atoms with Crippen molar-refractivity contribution in [1.29, 1.82) is 0 Å². The summed E-state index contributed by atoms with van der Waals surface area (Å²) in [4.78, 5) is 12.4. The van der Waals surface area contributed by atoms with E-state index in [9.17, 15) is 10.1 Å². The first-order valence-electron chi connectivity index (χ1n) is 5.95. The molecule has 0 aliphatic carbocycles. The van der Waals surface area contributed by atoms with E-state index in [1.54, 1.807) is 12.1 Å². The van der Waals surface area contributed by atoms with E-state index in [-0.39, 0.29) is 11.9 Å². The smallest absolute Gasteiger partial charge is 0.269 e. The number of benzene rings is 1. The van der Waals surface area contributed by atoms with E-state index in [0.717, 1.165) is 18.6 Å². The van der Waals surface area contributed by atoms with Gasteiger partial charge in [0.2, 0.25) is 0 Å². The van der Waals surface area contributed by atoms with Gasteiger partial charge in [-0.3, -0.25) is 10.1 Å². The molecular weight excluding hydrogens is 236 g/mol. The zero-order valence-electron chi connectivity index (χ0n) is 9.82. The molecule has 2 fully saturated rings. The third kappa shape index (κ3) is 1.98. The molecule has 0 N–H and O–H groups in total. The number of nitro benzene ring substituents is 1. The van der Waals surface area contributed by atoms with Gasteiger partial charge >= 0.3 is 0 Å². The predicted octanol–water partition coefficient (Wildman–Crippen LogP) is 1.67. The van der Waals surface area contributed by atoms with Crippen molar-refractivity contribution in [2.45, 2.75) is 18.7 Å². The summed E-state index contributed by atoms with van der Waals surface area (Å²) in [6.45, 7) is 2.04. The van der Waals surface area contributed by atoms with Gasteiger partial charge in [-0.05, 0) is 24.1 Å². The maximum absolute atomic E-state index is 10.6. The molecule has 0 amide bonds. The summed E-state index contributed by atoms with van der Waals surface area (Å²) in [7, 11) is 0. The maximum atomic E-state index is 10.6. The fourth-order valence-electron chi connectivity index (χ4n) is 2.45. The molecule has 0 bridgehead atoms. The molecule has 0 spiro atoms.